The summed E-state index contributed by atoms with van der Waals surface area (Å²) in [5.74, 6) is -0.130. The fraction of sp³-hybridized carbons (Fsp3) is 0.350. The number of nitrogens with zero attached hydrogens (tertiary/aromatic N) is 1. The lowest BCUT2D eigenvalue weighted by Crippen LogP contribution is -2.52. The Kier molecular flexibility index (Phi) is 7.09. The summed E-state index contributed by atoms with van der Waals surface area (Å²) < 4.78 is 28.2. The molecule has 28 heavy (non-hydrogen) atoms. The van der Waals surface area contributed by atoms with Crippen molar-refractivity contribution in [1.82, 2.24) is 10.2 Å². The van der Waals surface area contributed by atoms with Gasteiger partial charge in [-0.25, -0.2) is 8.42 Å². The number of nitrogens with one attached hydrogen (secondary N) is 2. The summed E-state index contributed by atoms with van der Waals surface area (Å²) in [7, 11) is -3.78. The molecule has 0 radical (unpaired) electrons. The Balaban J connectivity index is 0.00000280. The SMILES string of the molecule is Cc1cccc(NS(=O)(=O)c2ccc(C)c(C(=O)N3CCNC[C@@H]3C)c2)c1.Cl. The van der Waals surface area contributed by atoms with E-state index < -0.39 is 10.0 Å². The van der Waals surface area contributed by atoms with E-state index in [4.69, 9.17) is 0 Å². The fourth-order valence-electron chi connectivity index (χ4n) is 3.22. The molecule has 0 spiro atoms. The fourth-order valence-corrected chi connectivity index (χ4v) is 4.29. The second kappa shape index (κ2) is 8.94. The topological polar surface area (TPSA) is 78.5 Å². The molecule has 0 aromatic heterocycles. The summed E-state index contributed by atoms with van der Waals surface area (Å²) in [6.07, 6.45) is 0. The van der Waals surface area contributed by atoms with Gasteiger partial charge >= 0.3 is 0 Å². The third-order valence-corrected chi connectivity index (χ3v) is 6.16. The summed E-state index contributed by atoms with van der Waals surface area (Å²) in [6, 6.07) is 11.9. The maximum atomic E-state index is 13.0. The normalized spacial score (nSPS) is 17.0. The van der Waals surface area contributed by atoms with Crippen molar-refractivity contribution in [1.29, 1.82) is 0 Å². The van der Waals surface area contributed by atoms with Gasteiger partial charge in [-0.15, -0.1) is 12.4 Å². The molecule has 1 heterocycles. The van der Waals surface area contributed by atoms with Gasteiger partial charge in [0.2, 0.25) is 0 Å². The van der Waals surface area contributed by atoms with Crippen molar-refractivity contribution >= 4 is 34.0 Å². The molecule has 2 aromatic carbocycles. The van der Waals surface area contributed by atoms with Gasteiger partial charge in [-0.05, 0) is 56.2 Å². The molecule has 1 atom stereocenters. The molecule has 1 aliphatic rings. The monoisotopic (exact) mass is 423 g/mol. The number of benzene rings is 2. The lowest BCUT2D eigenvalue weighted by molar-refractivity contribution is 0.0654. The molecule has 0 bridgehead atoms. The van der Waals surface area contributed by atoms with Gasteiger partial charge in [0.1, 0.15) is 0 Å². The van der Waals surface area contributed by atoms with E-state index in [1.165, 1.54) is 12.1 Å². The zero-order chi connectivity index (χ0) is 19.6. The first kappa shape index (κ1) is 22.2. The van der Waals surface area contributed by atoms with E-state index in [0.717, 1.165) is 24.2 Å². The van der Waals surface area contributed by atoms with Gasteiger partial charge in [0, 0.05) is 36.9 Å². The van der Waals surface area contributed by atoms with Crippen molar-refractivity contribution in [3.05, 3.63) is 59.2 Å². The Morgan fingerprint density at radius 3 is 2.61 bits per heavy atom. The number of sulfonamides is 1. The van der Waals surface area contributed by atoms with Crippen LogP contribution in [0.5, 0.6) is 0 Å². The molecule has 8 heteroatoms. The lowest BCUT2D eigenvalue weighted by atomic mass is 10.1. The van der Waals surface area contributed by atoms with Crippen molar-refractivity contribution in [2.75, 3.05) is 24.4 Å². The Morgan fingerprint density at radius 1 is 1.18 bits per heavy atom. The number of halogens is 1. The van der Waals surface area contributed by atoms with Crippen LogP contribution in [0.2, 0.25) is 0 Å². The van der Waals surface area contributed by atoms with Crippen LogP contribution in [0.3, 0.4) is 0 Å². The number of hydrogen-bond acceptors (Lipinski definition) is 4. The summed E-state index contributed by atoms with van der Waals surface area (Å²) in [5.41, 5.74) is 2.65. The molecule has 0 aliphatic carbocycles. The Bertz CT molecular complexity index is 963. The molecular weight excluding hydrogens is 398 g/mol. The van der Waals surface area contributed by atoms with Gasteiger partial charge in [-0.2, -0.15) is 0 Å². The van der Waals surface area contributed by atoms with E-state index in [0.29, 0.717) is 17.8 Å². The molecule has 152 valence electrons. The van der Waals surface area contributed by atoms with Gasteiger partial charge in [0.05, 0.1) is 4.90 Å². The minimum atomic E-state index is -3.78. The van der Waals surface area contributed by atoms with E-state index in [1.807, 2.05) is 26.8 Å². The highest BCUT2D eigenvalue weighted by molar-refractivity contribution is 7.92. The van der Waals surface area contributed by atoms with Crippen LogP contribution < -0.4 is 10.0 Å². The van der Waals surface area contributed by atoms with E-state index in [1.54, 1.807) is 29.2 Å². The first-order chi connectivity index (χ1) is 12.8. The van der Waals surface area contributed by atoms with Crippen molar-refractivity contribution in [3.63, 3.8) is 0 Å². The van der Waals surface area contributed by atoms with Gasteiger partial charge in [0.25, 0.3) is 15.9 Å². The van der Waals surface area contributed by atoms with Crippen LogP contribution >= 0.6 is 12.4 Å². The van der Waals surface area contributed by atoms with Crippen molar-refractivity contribution < 1.29 is 13.2 Å². The molecule has 1 saturated heterocycles. The number of rotatable bonds is 4. The van der Waals surface area contributed by atoms with Crippen LogP contribution in [-0.4, -0.2) is 44.9 Å². The van der Waals surface area contributed by atoms with E-state index in [-0.39, 0.29) is 29.3 Å². The lowest BCUT2D eigenvalue weighted by Gasteiger charge is -2.34. The van der Waals surface area contributed by atoms with Crippen molar-refractivity contribution in [2.45, 2.75) is 31.7 Å². The number of aryl methyl sites for hydroxylation is 2. The Hall–Kier alpha value is -2.09. The van der Waals surface area contributed by atoms with Crippen LogP contribution in [0.1, 0.15) is 28.4 Å². The van der Waals surface area contributed by atoms with Crippen LogP contribution in [0.25, 0.3) is 0 Å². The van der Waals surface area contributed by atoms with Crippen molar-refractivity contribution in [2.24, 2.45) is 0 Å². The van der Waals surface area contributed by atoms with Gasteiger partial charge in [-0.3, -0.25) is 9.52 Å². The Morgan fingerprint density at radius 2 is 1.93 bits per heavy atom. The zero-order valence-electron chi connectivity index (χ0n) is 16.2. The average Bonchev–Trinajstić information content (AvgIpc) is 2.61. The number of hydrogen-bond donors (Lipinski definition) is 2. The van der Waals surface area contributed by atoms with Gasteiger partial charge in [-0.1, -0.05) is 18.2 Å². The van der Waals surface area contributed by atoms with Gasteiger partial charge < -0.3 is 10.2 Å². The molecular formula is C20H26ClN3O3S. The second-order valence-corrected chi connectivity index (χ2v) is 8.69. The van der Waals surface area contributed by atoms with E-state index in [9.17, 15) is 13.2 Å². The quantitative estimate of drug-likeness (QED) is 0.792. The molecule has 0 unspecified atom stereocenters. The van der Waals surface area contributed by atoms with Crippen molar-refractivity contribution in [3.8, 4) is 0 Å². The van der Waals surface area contributed by atoms with Crippen LogP contribution in [-0.2, 0) is 10.0 Å². The summed E-state index contributed by atoms with van der Waals surface area (Å²) in [5, 5.41) is 3.25. The number of carbonyl (C=O) groups excluding carboxylic acids is 1. The molecule has 1 aliphatic heterocycles. The maximum absolute atomic E-state index is 13.0. The smallest absolute Gasteiger partial charge is 0.261 e. The number of carbonyl (C=O) groups is 1. The molecule has 6 nitrogen and oxygen atoms in total. The van der Waals surface area contributed by atoms with Crippen LogP contribution in [0.15, 0.2) is 47.4 Å². The summed E-state index contributed by atoms with van der Waals surface area (Å²) >= 11 is 0. The molecule has 2 N–H and O–H groups in total. The Labute approximate surface area is 172 Å². The molecule has 0 saturated carbocycles. The molecule has 3 rings (SSSR count). The van der Waals surface area contributed by atoms with Gasteiger partial charge in [0.15, 0.2) is 0 Å². The highest BCUT2D eigenvalue weighted by Crippen LogP contribution is 2.22. The first-order valence-electron chi connectivity index (χ1n) is 9.00. The highest BCUT2D eigenvalue weighted by Gasteiger charge is 2.26. The predicted octanol–water partition coefficient (Wildman–Crippen LogP) is 2.96. The zero-order valence-corrected chi connectivity index (χ0v) is 17.9. The molecule has 1 fully saturated rings. The molecule has 2 aromatic rings. The summed E-state index contributed by atoms with van der Waals surface area (Å²) in [4.78, 5) is 14.9. The first-order valence-corrected chi connectivity index (χ1v) is 10.5. The predicted molar refractivity (Wildman–Crippen MR) is 114 cm³/mol. The largest absolute Gasteiger partial charge is 0.333 e. The van der Waals surface area contributed by atoms with Crippen LogP contribution in [0, 0.1) is 13.8 Å². The number of anilines is 1. The standard InChI is InChI=1S/C20H25N3O3S.ClH/c1-14-5-4-6-17(11-14)22-27(25,26)18-8-7-15(2)19(12-18)20(24)23-10-9-21-13-16(23)3;/h4-8,11-12,16,21-22H,9-10,13H2,1-3H3;1H/t16-;/m0./s1. The number of piperazine rings is 1. The van der Waals surface area contributed by atoms with E-state index in [2.05, 4.69) is 10.0 Å². The maximum Gasteiger partial charge on any atom is 0.261 e. The number of amides is 1. The third-order valence-electron chi connectivity index (χ3n) is 4.78. The summed E-state index contributed by atoms with van der Waals surface area (Å²) in [6.45, 7) is 7.79. The van der Waals surface area contributed by atoms with E-state index >= 15 is 0 Å². The molecule has 1 amide bonds. The average molecular weight is 424 g/mol. The van der Waals surface area contributed by atoms with Crippen LogP contribution in [0.4, 0.5) is 5.69 Å². The minimum absolute atomic E-state index is 0. The highest BCUT2D eigenvalue weighted by atomic mass is 35.5. The third kappa shape index (κ3) is 4.84. The second-order valence-electron chi connectivity index (χ2n) is 7.00. The minimum Gasteiger partial charge on any atom is -0.333 e.